The van der Waals surface area contributed by atoms with Crippen LogP contribution in [0.3, 0.4) is 0 Å². The van der Waals surface area contributed by atoms with Crippen molar-refractivity contribution in [3.05, 3.63) is 101 Å². The molecule has 0 aliphatic rings. The zero-order valence-electron chi connectivity index (χ0n) is 25.0. The summed E-state index contributed by atoms with van der Waals surface area (Å²) in [5.74, 6) is -0.670. The van der Waals surface area contributed by atoms with Crippen LogP contribution in [0, 0.1) is 6.92 Å². The van der Waals surface area contributed by atoms with Gasteiger partial charge in [-0.05, 0) is 54.5 Å². The second kappa shape index (κ2) is 14.3. The molecule has 41 heavy (non-hydrogen) atoms. The maximum absolute atomic E-state index is 14.3. The molecular weight excluding hydrogens is 534 g/mol. The molecule has 2 amide bonds. The number of carbonyl (C=O) groups excluding carboxylic acids is 2. The van der Waals surface area contributed by atoms with E-state index in [-0.39, 0.29) is 24.4 Å². The van der Waals surface area contributed by atoms with Gasteiger partial charge >= 0.3 is 0 Å². The molecule has 7 nitrogen and oxygen atoms in total. The Morgan fingerprint density at radius 3 is 2.10 bits per heavy atom. The second-order valence-electron chi connectivity index (χ2n) is 11.0. The topological polar surface area (TPSA) is 86.8 Å². The van der Waals surface area contributed by atoms with E-state index < -0.39 is 28.5 Å². The standard InChI is InChI=1S/C33H43N3O4S/c1-7-26(5)34-33(38)31(21-27-16-9-8-10-17-27)35(22-28-18-12-11-15-25(28)4)32(37)23-36(41(6,39)40)30-20-14-13-19-29(30)24(2)3/h8-20,24,26,31H,7,21-23H2,1-6H3,(H,34,38)/t26-,31+/m0/s1. The third-order valence-electron chi connectivity index (χ3n) is 7.38. The quantitative estimate of drug-likeness (QED) is 0.293. The summed E-state index contributed by atoms with van der Waals surface area (Å²) in [6, 6.07) is 23.6. The highest BCUT2D eigenvalue weighted by Crippen LogP contribution is 2.29. The lowest BCUT2D eigenvalue weighted by Gasteiger charge is -2.35. The molecule has 3 rings (SSSR count). The van der Waals surface area contributed by atoms with Crippen molar-refractivity contribution in [3.8, 4) is 0 Å². The lowest BCUT2D eigenvalue weighted by Crippen LogP contribution is -2.54. The van der Waals surface area contributed by atoms with Gasteiger partial charge in [-0.3, -0.25) is 13.9 Å². The number of nitrogens with one attached hydrogen (secondary N) is 1. The molecule has 0 saturated heterocycles. The number of nitrogens with zero attached hydrogens (tertiary/aromatic N) is 2. The number of amides is 2. The van der Waals surface area contributed by atoms with Crippen molar-refractivity contribution in [1.82, 2.24) is 10.2 Å². The van der Waals surface area contributed by atoms with Gasteiger partial charge in [0.1, 0.15) is 12.6 Å². The lowest BCUT2D eigenvalue weighted by atomic mass is 10.0. The van der Waals surface area contributed by atoms with Gasteiger partial charge in [-0.2, -0.15) is 0 Å². The van der Waals surface area contributed by atoms with E-state index in [2.05, 4.69) is 5.32 Å². The molecule has 2 atom stereocenters. The van der Waals surface area contributed by atoms with Crippen LogP contribution in [0.5, 0.6) is 0 Å². The Morgan fingerprint density at radius 2 is 1.49 bits per heavy atom. The Labute approximate surface area is 245 Å². The maximum Gasteiger partial charge on any atom is 0.244 e. The summed E-state index contributed by atoms with van der Waals surface area (Å²) in [6.07, 6.45) is 2.14. The van der Waals surface area contributed by atoms with Crippen LogP contribution in [-0.4, -0.2) is 50.0 Å². The van der Waals surface area contributed by atoms with Gasteiger partial charge in [-0.15, -0.1) is 0 Å². The molecule has 8 heteroatoms. The molecule has 0 heterocycles. The number of para-hydroxylation sites is 1. The highest BCUT2D eigenvalue weighted by molar-refractivity contribution is 7.92. The Bertz CT molecular complexity index is 1420. The van der Waals surface area contributed by atoms with Crippen molar-refractivity contribution in [2.24, 2.45) is 0 Å². The lowest BCUT2D eigenvalue weighted by molar-refractivity contribution is -0.140. The fourth-order valence-electron chi connectivity index (χ4n) is 4.76. The summed E-state index contributed by atoms with van der Waals surface area (Å²) in [5.41, 5.74) is 4.08. The molecule has 0 aliphatic heterocycles. The normalized spacial score (nSPS) is 13.0. The van der Waals surface area contributed by atoms with Gasteiger partial charge in [0.25, 0.3) is 0 Å². The fourth-order valence-corrected chi connectivity index (χ4v) is 5.63. The van der Waals surface area contributed by atoms with E-state index in [0.717, 1.165) is 34.9 Å². The van der Waals surface area contributed by atoms with E-state index in [1.54, 1.807) is 17.0 Å². The number of benzene rings is 3. The second-order valence-corrected chi connectivity index (χ2v) is 12.9. The Kier molecular flexibility index (Phi) is 11.1. The monoisotopic (exact) mass is 577 g/mol. The molecule has 220 valence electrons. The van der Waals surface area contributed by atoms with E-state index in [9.17, 15) is 18.0 Å². The molecule has 0 saturated carbocycles. The summed E-state index contributed by atoms with van der Waals surface area (Å²) in [4.78, 5) is 29.6. The van der Waals surface area contributed by atoms with Crippen LogP contribution in [0.1, 0.15) is 62.3 Å². The van der Waals surface area contributed by atoms with Crippen LogP contribution < -0.4 is 9.62 Å². The number of anilines is 1. The molecule has 3 aromatic carbocycles. The smallest absolute Gasteiger partial charge is 0.244 e. The molecule has 0 spiro atoms. The zero-order valence-corrected chi connectivity index (χ0v) is 25.8. The number of hydrogen-bond acceptors (Lipinski definition) is 4. The molecule has 0 aromatic heterocycles. The van der Waals surface area contributed by atoms with Gasteiger partial charge in [0.2, 0.25) is 21.8 Å². The predicted octanol–water partition coefficient (Wildman–Crippen LogP) is 5.44. The number of hydrogen-bond donors (Lipinski definition) is 1. The largest absolute Gasteiger partial charge is 0.352 e. The van der Waals surface area contributed by atoms with Crippen LogP contribution in [0.4, 0.5) is 5.69 Å². The summed E-state index contributed by atoms with van der Waals surface area (Å²) < 4.78 is 27.4. The number of carbonyl (C=O) groups is 2. The average Bonchev–Trinajstić information content (AvgIpc) is 2.94. The Balaban J connectivity index is 2.11. The van der Waals surface area contributed by atoms with Crippen molar-refractivity contribution < 1.29 is 18.0 Å². The summed E-state index contributed by atoms with van der Waals surface area (Å²) in [5, 5.41) is 3.06. The van der Waals surface area contributed by atoms with Crippen LogP contribution in [0.25, 0.3) is 0 Å². The van der Waals surface area contributed by atoms with Crippen LogP contribution in [-0.2, 0) is 32.6 Å². The summed E-state index contributed by atoms with van der Waals surface area (Å²) in [6.45, 7) is 9.60. The highest BCUT2D eigenvalue weighted by Gasteiger charge is 2.34. The van der Waals surface area contributed by atoms with Gasteiger partial charge in [-0.1, -0.05) is 93.6 Å². The van der Waals surface area contributed by atoms with Crippen LogP contribution in [0.2, 0.25) is 0 Å². The predicted molar refractivity (Wildman–Crippen MR) is 166 cm³/mol. The van der Waals surface area contributed by atoms with Crippen molar-refractivity contribution >= 4 is 27.5 Å². The van der Waals surface area contributed by atoms with Crippen molar-refractivity contribution in [1.29, 1.82) is 0 Å². The van der Waals surface area contributed by atoms with E-state index in [0.29, 0.717) is 12.1 Å². The van der Waals surface area contributed by atoms with Gasteiger partial charge in [0.15, 0.2) is 0 Å². The average molecular weight is 578 g/mol. The first-order valence-corrected chi connectivity index (χ1v) is 16.0. The Morgan fingerprint density at radius 1 is 0.878 bits per heavy atom. The van der Waals surface area contributed by atoms with Gasteiger partial charge in [0.05, 0.1) is 11.9 Å². The molecule has 3 aromatic rings. The molecular formula is C33H43N3O4S. The first kappa shape index (κ1) is 31.9. The molecule has 1 N–H and O–H groups in total. The van der Waals surface area contributed by atoms with E-state index in [1.165, 1.54) is 4.31 Å². The Hall–Kier alpha value is -3.65. The van der Waals surface area contributed by atoms with Gasteiger partial charge in [0, 0.05) is 19.0 Å². The van der Waals surface area contributed by atoms with Crippen LogP contribution >= 0.6 is 0 Å². The van der Waals surface area contributed by atoms with Crippen molar-refractivity contribution in [3.63, 3.8) is 0 Å². The zero-order chi connectivity index (χ0) is 30.2. The first-order chi connectivity index (χ1) is 19.4. The SMILES string of the molecule is CC[C@H](C)NC(=O)[C@@H](Cc1ccccc1)N(Cc1ccccc1C)C(=O)CN(c1ccccc1C(C)C)S(C)(=O)=O. The minimum Gasteiger partial charge on any atom is -0.352 e. The van der Waals surface area contributed by atoms with E-state index in [1.807, 2.05) is 101 Å². The van der Waals surface area contributed by atoms with Crippen molar-refractivity contribution in [2.45, 2.75) is 72.0 Å². The minimum absolute atomic E-state index is 0.0424. The third kappa shape index (κ3) is 8.67. The van der Waals surface area contributed by atoms with Gasteiger partial charge in [-0.25, -0.2) is 8.42 Å². The molecule has 0 bridgehead atoms. The van der Waals surface area contributed by atoms with E-state index >= 15 is 0 Å². The maximum atomic E-state index is 14.3. The fraction of sp³-hybridized carbons (Fsp3) is 0.394. The number of rotatable bonds is 13. The summed E-state index contributed by atoms with van der Waals surface area (Å²) >= 11 is 0. The number of sulfonamides is 1. The van der Waals surface area contributed by atoms with Gasteiger partial charge < -0.3 is 10.2 Å². The van der Waals surface area contributed by atoms with E-state index in [4.69, 9.17) is 0 Å². The third-order valence-corrected chi connectivity index (χ3v) is 8.51. The molecule has 0 fully saturated rings. The van der Waals surface area contributed by atoms with Crippen LogP contribution in [0.15, 0.2) is 78.9 Å². The highest BCUT2D eigenvalue weighted by atomic mass is 32.2. The molecule has 0 radical (unpaired) electrons. The minimum atomic E-state index is -3.83. The first-order valence-electron chi connectivity index (χ1n) is 14.2. The number of aryl methyl sites for hydroxylation is 1. The summed E-state index contributed by atoms with van der Waals surface area (Å²) in [7, 11) is -3.83. The van der Waals surface area contributed by atoms with Crippen molar-refractivity contribution in [2.75, 3.05) is 17.1 Å². The molecule has 0 aliphatic carbocycles. The molecule has 0 unspecified atom stereocenters.